The number of fused-ring (bicyclic) bond motifs is 1. The van der Waals surface area contributed by atoms with Crippen LogP contribution in [0.2, 0.25) is 0 Å². The molecule has 3 rings (SSSR count). The summed E-state index contributed by atoms with van der Waals surface area (Å²) in [4.78, 5) is 2.57. The third-order valence-electron chi connectivity index (χ3n) is 3.91. The molecule has 2 aliphatic rings. The van der Waals surface area contributed by atoms with E-state index in [1.807, 2.05) is 0 Å². The largest absolute Gasteiger partial charge is 0.361 e. The lowest BCUT2D eigenvalue weighted by Gasteiger charge is -2.37. The monoisotopic (exact) mass is 217 g/mol. The second kappa shape index (κ2) is 4.19. The lowest BCUT2D eigenvalue weighted by molar-refractivity contribution is -0.0211. The summed E-state index contributed by atoms with van der Waals surface area (Å²) < 4.78 is 5.92. The Bertz CT molecular complexity index is 351. The fraction of sp³-hybridized carbons (Fsp3) is 0.571. The van der Waals surface area contributed by atoms with E-state index >= 15 is 0 Å². The number of rotatable bonds is 1. The Hall–Kier alpha value is -0.860. The summed E-state index contributed by atoms with van der Waals surface area (Å²) in [6.07, 6.45) is 4.19. The molecule has 0 saturated carbocycles. The van der Waals surface area contributed by atoms with E-state index in [0.29, 0.717) is 18.3 Å². The van der Waals surface area contributed by atoms with Crippen molar-refractivity contribution in [3.05, 3.63) is 35.9 Å². The van der Waals surface area contributed by atoms with E-state index in [2.05, 4.69) is 42.2 Å². The van der Waals surface area contributed by atoms with Crippen molar-refractivity contribution in [3.8, 4) is 0 Å². The average Bonchev–Trinajstić information content (AvgIpc) is 2.75. The highest BCUT2D eigenvalue weighted by Gasteiger charge is 2.40. The molecular formula is C14H19NO. The number of benzene rings is 1. The second-order valence-corrected chi connectivity index (χ2v) is 4.94. The molecule has 2 heteroatoms. The Labute approximate surface area is 97.2 Å². The van der Waals surface area contributed by atoms with Crippen molar-refractivity contribution >= 4 is 0 Å². The van der Waals surface area contributed by atoms with Gasteiger partial charge in [-0.15, -0.1) is 0 Å². The van der Waals surface area contributed by atoms with Crippen LogP contribution in [0.1, 0.15) is 37.8 Å². The van der Waals surface area contributed by atoms with Gasteiger partial charge in [-0.05, 0) is 31.7 Å². The van der Waals surface area contributed by atoms with Crippen LogP contribution in [0.15, 0.2) is 30.3 Å². The molecular weight excluding hydrogens is 198 g/mol. The predicted molar refractivity (Wildman–Crippen MR) is 64.1 cm³/mol. The summed E-state index contributed by atoms with van der Waals surface area (Å²) in [6.45, 7) is 3.19. The quantitative estimate of drug-likeness (QED) is 0.717. The molecule has 2 fully saturated rings. The van der Waals surface area contributed by atoms with Gasteiger partial charge >= 0.3 is 0 Å². The zero-order chi connectivity index (χ0) is 11.0. The molecule has 0 amide bonds. The predicted octanol–water partition coefficient (Wildman–Crippen LogP) is 2.96. The number of hydrogen-bond acceptors (Lipinski definition) is 2. The minimum atomic E-state index is 0.369. The van der Waals surface area contributed by atoms with Crippen LogP contribution in [0.25, 0.3) is 0 Å². The van der Waals surface area contributed by atoms with Crippen molar-refractivity contribution in [2.75, 3.05) is 6.61 Å². The van der Waals surface area contributed by atoms with E-state index in [-0.39, 0.29) is 0 Å². The van der Waals surface area contributed by atoms with Gasteiger partial charge in [0.2, 0.25) is 0 Å². The molecule has 2 aliphatic heterocycles. The molecule has 0 spiro atoms. The first-order valence-corrected chi connectivity index (χ1v) is 6.30. The number of hydrogen-bond donors (Lipinski definition) is 0. The minimum absolute atomic E-state index is 0.369. The first-order chi connectivity index (χ1) is 7.86. The van der Waals surface area contributed by atoms with E-state index in [0.717, 1.165) is 6.61 Å². The van der Waals surface area contributed by atoms with Crippen molar-refractivity contribution in [3.63, 3.8) is 0 Å². The van der Waals surface area contributed by atoms with E-state index < -0.39 is 0 Å². The Morgan fingerprint density at radius 3 is 2.81 bits per heavy atom. The molecule has 16 heavy (non-hydrogen) atoms. The van der Waals surface area contributed by atoms with E-state index in [9.17, 15) is 0 Å². The van der Waals surface area contributed by atoms with Crippen LogP contribution in [0, 0.1) is 0 Å². The van der Waals surface area contributed by atoms with Gasteiger partial charge in [-0.25, -0.2) is 0 Å². The molecule has 1 aromatic carbocycles. The van der Waals surface area contributed by atoms with Gasteiger partial charge in [0.05, 0.1) is 12.6 Å². The van der Waals surface area contributed by atoms with Crippen LogP contribution in [-0.4, -0.2) is 23.8 Å². The van der Waals surface area contributed by atoms with Gasteiger partial charge < -0.3 is 4.74 Å². The molecule has 86 valence electrons. The molecule has 0 N–H and O–H groups in total. The maximum Gasteiger partial charge on any atom is 0.111 e. The van der Waals surface area contributed by atoms with Crippen LogP contribution in [-0.2, 0) is 4.74 Å². The molecule has 2 saturated heterocycles. The third-order valence-corrected chi connectivity index (χ3v) is 3.91. The molecule has 1 aromatic rings. The molecule has 0 bridgehead atoms. The lowest BCUT2D eigenvalue weighted by Crippen LogP contribution is -2.42. The highest BCUT2D eigenvalue weighted by atomic mass is 16.5. The zero-order valence-electron chi connectivity index (χ0n) is 9.80. The topological polar surface area (TPSA) is 12.5 Å². The van der Waals surface area contributed by atoms with Crippen LogP contribution in [0.3, 0.4) is 0 Å². The lowest BCUT2D eigenvalue weighted by atomic mass is 9.98. The highest BCUT2D eigenvalue weighted by molar-refractivity contribution is 5.20. The summed E-state index contributed by atoms with van der Waals surface area (Å²) in [5.74, 6) is 0. The fourth-order valence-corrected chi connectivity index (χ4v) is 3.08. The van der Waals surface area contributed by atoms with Crippen molar-refractivity contribution in [1.29, 1.82) is 0 Å². The smallest absolute Gasteiger partial charge is 0.111 e. The van der Waals surface area contributed by atoms with Crippen molar-refractivity contribution in [1.82, 2.24) is 4.90 Å². The number of nitrogens with zero attached hydrogens (tertiary/aromatic N) is 1. The Morgan fingerprint density at radius 1 is 1.19 bits per heavy atom. The summed E-state index contributed by atoms with van der Waals surface area (Å²) in [5.41, 5.74) is 1.40. The van der Waals surface area contributed by atoms with Crippen LogP contribution in [0.4, 0.5) is 0 Å². The van der Waals surface area contributed by atoms with Crippen molar-refractivity contribution in [2.45, 2.75) is 44.5 Å². The molecule has 1 unspecified atom stereocenters. The van der Waals surface area contributed by atoms with Crippen molar-refractivity contribution < 1.29 is 4.74 Å². The average molecular weight is 217 g/mol. The Kier molecular flexibility index (Phi) is 2.70. The van der Waals surface area contributed by atoms with E-state index in [1.54, 1.807) is 0 Å². The fourth-order valence-electron chi connectivity index (χ4n) is 3.08. The SMILES string of the molecule is C[C@@H]1CCCC2OC[C@@H](c3ccccc3)N21. The summed E-state index contributed by atoms with van der Waals surface area (Å²) >= 11 is 0. The Balaban J connectivity index is 1.86. The summed E-state index contributed by atoms with van der Waals surface area (Å²) in [7, 11) is 0. The van der Waals surface area contributed by atoms with Crippen molar-refractivity contribution in [2.24, 2.45) is 0 Å². The first-order valence-electron chi connectivity index (χ1n) is 6.30. The molecule has 3 atom stereocenters. The maximum absolute atomic E-state index is 5.92. The van der Waals surface area contributed by atoms with Gasteiger partial charge in [-0.3, -0.25) is 4.90 Å². The van der Waals surface area contributed by atoms with Crippen LogP contribution >= 0.6 is 0 Å². The van der Waals surface area contributed by atoms with E-state index in [1.165, 1.54) is 24.8 Å². The molecule has 0 radical (unpaired) electrons. The normalized spacial score (nSPS) is 34.9. The third kappa shape index (κ3) is 1.66. The molecule has 0 aliphatic carbocycles. The van der Waals surface area contributed by atoms with Crippen LogP contribution in [0.5, 0.6) is 0 Å². The highest BCUT2D eigenvalue weighted by Crippen LogP contribution is 2.38. The van der Waals surface area contributed by atoms with Gasteiger partial charge in [0.15, 0.2) is 0 Å². The number of piperidine rings is 1. The van der Waals surface area contributed by atoms with Gasteiger partial charge in [-0.1, -0.05) is 30.3 Å². The van der Waals surface area contributed by atoms with Gasteiger partial charge in [0, 0.05) is 6.04 Å². The summed E-state index contributed by atoms with van der Waals surface area (Å²) in [5, 5.41) is 0. The van der Waals surface area contributed by atoms with Gasteiger partial charge in [0.1, 0.15) is 6.23 Å². The van der Waals surface area contributed by atoms with Crippen LogP contribution < -0.4 is 0 Å². The number of ether oxygens (including phenoxy) is 1. The first kappa shape index (κ1) is 10.3. The molecule has 2 nitrogen and oxygen atoms in total. The van der Waals surface area contributed by atoms with Gasteiger partial charge in [-0.2, -0.15) is 0 Å². The second-order valence-electron chi connectivity index (χ2n) is 4.94. The standard InChI is InChI=1S/C14H19NO/c1-11-6-5-9-14-15(11)13(10-16-14)12-7-3-2-4-8-12/h2-4,7-8,11,13-14H,5-6,9-10H2,1H3/t11-,13+,14?/m1/s1. The summed E-state index contributed by atoms with van der Waals surface area (Å²) in [6, 6.07) is 11.9. The van der Waals surface area contributed by atoms with E-state index in [4.69, 9.17) is 4.74 Å². The minimum Gasteiger partial charge on any atom is -0.361 e. The molecule has 0 aromatic heterocycles. The zero-order valence-corrected chi connectivity index (χ0v) is 9.80. The Morgan fingerprint density at radius 2 is 2.00 bits per heavy atom. The molecule has 2 heterocycles. The van der Waals surface area contributed by atoms with Gasteiger partial charge in [0.25, 0.3) is 0 Å². The maximum atomic E-state index is 5.92.